The van der Waals surface area contributed by atoms with Crippen LogP contribution in [0.4, 0.5) is 13.2 Å². The number of allylic oxidation sites excluding steroid dienone is 4. The van der Waals surface area contributed by atoms with Crippen LogP contribution in [0, 0.1) is 0 Å². The second-order valence-electron chi connectivity index (χ2n) is 6.78. The van der Waals surface area contributed by atoms with Gasteiger partial charge in [-0.15, -0.1) is 0 Å². The summed E-state index contributed by atoms with van der Waals surface area (Å²) >= 11 is 0. The van der Waals surface area contributed by atoms with Crippen LogP contribution < -0.4 is 0 Å². The summed E-state index contributed by atoms with van der Waals surface area (Å²) in [5.41, 5.74) is 0.661. The number of hydrogen-bond donors (Lipinski definition) is 0. The zero-order valence-electron chi connectivity index (χ0n) is 16.7. The van der Waals surface area contributed by atoms with Gasteiger partial charge in [0.2, 0.25) is 0 Å². The van der Waals surface area contributed by atoms with Gasteiger partial charge in [0.15, 0.2) is 0 Å². The first kappa shape index (κ1) is 21.0. The second kappa shape index (κ2) is 8.31. The van der Waals surface area contributed by atoms with Gasteiger partial charge in [-0.25, -0.2) is 4.99 Å². The Morgan fingerprint density at radius 3 is 2.55 bits per heavy atom. The number of fused-ring (bicyclic) bond motifs is 3. The summed E-state index contributed by atoms with van der Waals surface area (Å²) in [6.45, 7) is 6.77. The van der Waals surface area contributed by atoms with Crippen molar-refractivity contribution >= 4 is 17.2 Å². The highest BCUT2D eigenvalue weighted by Crippen LogP contribution is 2.36. The number of carbonyl (C=O) groups excluding carboxylic acids is 1. The molecule has 0 saturated carbocycles. The molecular formula is C21H24F3N3O2. The zero-order valence-corrected chi connectivity index (χ0v) is 16.7. The number of rotatable bonds is 5. The third kappa shape index (κ3) is 4.16. The molecule has 1 aromatic rings. The van der Waals surface area contributed by atoms with Crippen molar-refractivity contribution in [1.82, 2.24) is 9.80 Å². The van der Waals surface area contributed by atoms with Gasteiger partial charge in [0.1, 0.15) is 5.70 Å². The Labute approximate surface area is 167 Å². The molecule has 0 spiro atoms. The molecule has 1 amide bonds. The molecule has 2 bridgehead atoms. The Morgan fingerprint density at radius 1 is 1.28 bits per heavy atom. The number of likely N-dealkylation sites (N-methyl/N-ethyl adjacent to an activating group) is 1. The van der Waals surface area contributed by atoms with E-state index in [4.69, 9.17) is 4.42 Å². The summed E-state index contributed by atoms with van der Waals surface area (Å²) in [6.07, 6.45) is 1.54. The van der Waals surface area contributed by atoms with E-state index in [2.05, 4.69) is 4.99 Å². The number of aliphatic imine (C=N–C) groups is 1. The van der Waals surface area contributed by atoms with E-state index in [0.717, 1.165) is 6.08 Å². The lowest BCUT2D eigenvalue weighted by molar-refractivity contribution is -0.127. The van der Waals surface area contributed by atoms with Gasteiger partial charge in [0, 0.05) is 49.1 Å². The third-order valence-electron chi connectivity index (χ3n) is 5.11. The highest BCUT2D eigenvalue weighted by Gasteiger charge is 2.39. The molecule has 2 aliphatic heterocycles. The lowest BCUT2D eigenvalue weighted by Gasteiger charge is -2.26. The molecule has 0 radical (unpaired) electrons. The minimum atomic E-state index is -4.59. The summed E-state index contributed by atoms with van der Waals surface area (Å²) in [6, 6.07) is 1.61. The van der Waals surface area contributed by atoms with Crippen LogP contribution in [-0.4, -0.2) is 47.2 Å². The predicted octanol–water partition coefficient (Wildman–Crippen LogP) is 4.76. The van der Waals surface area contributed by atoms with E-state index in [1.165, 1.54) is 12.5 Å². The van der Waals surface area contributed by atoms with Gasteiger partial charge in [-0.2, -0.15) is 13.2 Å². The minimum absolute atomic E-state index is 0.0866. The first-order chi connectivity index (χ1) is 13.8. The largest absolute Gasteiger partial charge is 0.472 e. The van der Waals surface area contributed by atoms with Crippen LogP contribution in [0.2, 0.25) is 0 Å². The van der Waals surface area contributed by atoms with Crippen molar-refractivity contribution in [1.29, 1.82) is 0 Å². The smallest absolute Gasteiger partial charge is 0.418 e. The van der Waals surface area contributed by atoms with Crippen LogP contribution in [0.15, 0.2) is 57.2 Å². The molecule has 29 heavy (non-hydrogen) atoms. The van der Waals surface area contributed by atoms with Gasteiger partial charge in [0.25, 0.3) is 5.91 Å². The molecule has 1 aromatic heterocycles. The van der Waals surface area contributed by atoms with Crippen LogP contribution in [0.5, 0.6) is 0 Å². The van der Waals surface area contributed by atoms with Gasteiger partial charge >= 0.3 is 6.18 Å². The first-order valence-corrected chi connectivity index (χ1v) is 9.70. The topological polar surface area (TPSA) is 49.1 Å². The Balaban J connectivity index is 2.26. The SMILES string of the molecule is CCC1=C(C(=O)N(CC)CC)N=C2CCN1C=C(c1ccoc1)C=C2C(F)(F)F. The van der Waals surface area contributed by atoms with E-state index in [9.17, 15) is 18.0 Å². The van der Waals surface area contributed by atoms with Crippen molar-refractivity contribution in [3.05, 3.63) is 53.4 Å². The number of alkyl halides is 3. The maximum absolute atomic E-state index is 13.9. The van der Waals surface area contributed by atoms with E-state index in [0.29, 0.717) is 42.9 Å². The fourth-order valence-electron chi connectivity index (χ4n) is 3.57. The highest BCUT2D eigenvalue weighted by molar-refractivity contribution is 6.08. The molecule has 156 valence electrons. The van der Waals surface area contributed by atoms with E-state index < -0.39 is 11.7 Å². The summed E-state index contributed by atoms with van der Waals surface area (Å²) in [5, 5.41) is 0. The van der Waals surface area contributed by atoms with E-state index in [1.54, 1.807) is 17.2 Å². The van der Waals surface area contributed by atoms with Gasteiger partial charge in [-0.05, 0) is 32.4 Å². The molecule has 0 unspecified atom stereocenters. The fraction of sp³-hybridized carbons (Fsp3) is 0.429. The summed E-state index contributed by atoms with van der Waals surface area (Å²) < 4.78 is 46.9. The zero-order chi connectivity index (χ0) is 21.2. The van der Waals surface area contributed by atoms with Gasteiger partial charge in [-0.1, -0.05) is 6.92 Å². The standard InChI is InChI=1S/C21H24F3N3O2/c1-4-18-19(20(28)26(5-2)6-3)25-17-7-9-27(18)12-15(14-8-10-29-13-14)11-16(17)21(22,23)24/h8,10-13H,4-7,9H2,1-3H3. The Hall–Kier alpha value is -2.77. The second-order valence-corrected chi connectivity index (χ2v) is 6.78. The predicted molar refractivity (Wildman–Crippen MR) is 105 cm³/mol. The highest BCUT2D eigenvalue weighted by atomic mass is 19.4. The lowest BCUT2D eigenvalue weighted by Crippen LogP contribution is -2.33. The van der Waals surface area contributed by atoms with Crippen LogP contribution in [0.3, 0.4) is 0 Å². The van der Waals surface area contributed by atoms with Gasteiger partial charge < -0.3 is 14.2 Å². The number of halogens is 3. The van der Waals surface area contributed by atoms with Crippen molar-refractivity contribution in [3.8, 4) is 0 Å². The van der Waals surface area contributed by atoms with Crippen molar-refractivity contribution in [2.24, 2.45) is 4.99 Å². The average molecular weight is 407 g/mol. The molecule has 0 fully saturated rings. The number of nitrogens with zero attached hydrogens (tertiary/aromatic N) is 3. The number of furan rings is 1. The summed E-state index contributed by atoms with van der Waals surface area (Å²) in [4.78, 5) is 20.8. The molecule has 3 heterocycles. The first-order valence-electron chi connectivity index (χ1n) is 9.70. The van der Waals surface area contributed by atoms with E-state index in [1.807, 2.05) is 25.7 Å². The Bertz CT molecular complexity index is 889. The normalized spacial score (nSPS) is 17.3. The number of amides is 1. The monoisotopic (exact) mass is 407 g/mol. The van der Waals surface area contributed by atoms with Crippen LogP contribution in [0.1, 0.15) is 39.2 Å². The maximum Gasteiger partial charge on any atom is 0.418 e. The average Bonchev–Trinajstić information content (AvgIpc) is 3.14. The minimum Gasteiger partial charge on any atom is -0.472 e. The van der Waals surface area contributed by atoms with Gasteiger partial charge in [0.05, 0.1) is 23.8 Å². The summed E-state index contributed by atoms with van der Waals surface area (Å²) in [5.74, 6) is -0.349. The number of carbonyl (C=O) groups is 1. The molecule has 0 saturated heterocycles. The van der Waals surface area contributed by atoms with Crippen molar-refractivity contribution in [2.75, 3.05) is 19.6 Å². The third-order valence-corrected chi connectivity index (χ3v) is 5.11. The van der Waals surface area contributed by atoms with Crippen molar-refractivity contribution in [3.63, 3.8) is 0 Å². The molecule has 0 N–H and O–H groups in total. The maximum atomic E-state index is 13.9. The quantitative estimate of drug-likeness (QED) is 0.707. The van der Waals surface area contributed by atoms with Crippen LogP contribution in [-0.2, 0) is 4.79 Å². The molecule has 5 nitrogen and oxygen atoms in total. The Morgan fingerprint density at radius 2 is 2.00 bits per heavy atom. The van der Waals surface area contributed by atoms with Crippen LogP contribution >= 0.6 is 0 Å². The molecule has 3 rings (SSSR count). The van der Waals surface area contributed by atoms with Crippen molar-refractivity contribution < 1.29 is 22.4 Å². The van der Waals surface area contributed by atoms with Crippen molar-refractivity contribution in [2.45, 2.75) is 39.8 Å². The van der Waals surface area contributed by atoms with E-state index >= 15 is 0 Å². The molecule has 8 heteroatoms. The van der Waals surface area contributed by atoms with E-state index in [-0.39, 0.29) is 23.7 Å². The lowest BCUT2D eigenvalue weighted by atomic mass is 9.99. The molecule has 2 aliphatic rings. The molecule has 0 aliphatic carbocycles. The molecular weight excluding hydrogens is 383 g/mol. The fourth-order valence-corrected chi connectivity index (χ4v) is 3.57. The molecule has 0 atom stereocenters. The van der Waals surface area contributed by atoms with Crippen LogP contribution in [0.25, 0.3) is 5.57 Å². The Kier molecular flexibility index (Phi) is 6.00. The summed E-state index contributed by atoms with van der Waals surface area (Å²) in [7, 11) is 0. The molecule has 0 aromatic carbocycles. The number of hydrogen-bond acceptors (Lipinski definition) is 4. The van der Waals surface area contributed by atoms with Gasteiger partial charge in [-0.3, -0.25) is 4.79 Å².